The molecular weight excluding hydrogens is 432 g/mol. The van der Waals surface area contributed by atoms with E-state index in [0.717, 1.165) is 38.5 Å². The molecule has 0 saturated heterocycles. The van der Waals surface area contributed by atoms with Gasteiger partial charge in [-0.15, -0.1) is 0 Å². The molecule has 0 aliphatic carbocycles. The van der Waals surface area contributed by atoms with Gasteiger partial charge in [-0.2, -0.15) is 0 Å². The fourth-order valence-corrected chi connectivity index (χ4v) is 4.88. The molecule has 0 bridgehead atoms. The van der Waals surface area contributed by atoms with E-state index in [4.69, 9.17) is 5.73 Å². The highest BCUT2D eigenvalue weighted by atomic mass is 32.2. The Kier molecular flexibility index (Phi) is 5.02. The van der Waals surface area contributed by atoms with E-state index < -0.39 is 15.7 Å². The van der Waals surface area contributed by atoms with Gasteiger partial charge < -0.3 is 10.3 Å². The highest BCUT2D eigenvalue weighted by Crippen LogP contribution is 2.34. The van der Waals surface area contributed by atoms with E-state index in [1.807, 2.05) is 60.7 Å². The van der Waals surface area contributed by atoms with Gasteiger partial charge in [-0.1, -0.05) is 48.5 Å². The molecule has 4 aromatic carbocycles. The van der Waals surface area contributed by atoms with Crippen LogP contribution in [0.25, 0.3) is 32.9 Å². The van der Waals surface area contributed by atoms with Crippen LogP contribution in [0.1, 0.15) is 15.9 Å². The lowest BCUT2D eigenvalue weighted by Gasteiger charge is -2.10. The average molecular weight is 454 g/mol. The second-order valence-corrected chi connectivity index (χ2v) is 10.1. The zero-order valence-corrected chi connectivity index (χ0v) is 18.8. The molecule has 0 atom stereocenters. The summed E-state index contributed by atoms with van der Waals surface area (Å²) >= 11 is 0. The van der Waals surface area contributed by atoms with Crippen molar-refractivity contribution in [3.05, 3.63) is 102 Å². The number of rotatable bonds is 5. The third kappa shape index (κ3) is 3.79. The minimum Gasteiger partial charge on any atom is -0.366 e. The van der Waals surface area contributed by atoms with Gasteiger partial charge in [0.15, 0.2) is 9.84 Å². The summed E-state index contributed by atoms with van der Waals surface area (Å²) in [6.45, 7) is 0.498. The molecule has 33 heavy (non-hydrogen) atoms. The quantitative estimate of drug-likeness (QED) is 0.414. The Bertz CT molecular complexity index is 1620. The minimum atomic E-state index is -3.27. The van der Waals surface area contributed by atoms with Crippen molar-refractivity contribution in [1.29, 1.82) is 0 Å². The SMILES string of the molecule is CS(=O)(=O)c1ccc(Cn2c3cc(-c4ccccc4)c[c]c3c3c(C(N)=O)cccc32)cc1. The third-order valence-corrected chi connectivity index (χ3v) is 6.99. The molecule has 1 radical (unpaired) electrons. The molecule has 5 nitrogen and oxygen atoms in total. The molecule has 5 aromatic rings. The number of hydrogen-bond donors (Lipinski definition) is 1. The molecule has 0 unspecified atom stereocenters. The van der Waals surface area contributed by atoms with Crippen LogP contribution in [0.3, 0.4) is 0 Å². The summed E-state index contributed by atoms with van der Waals surface area (Å²) in [5.41, 5.74) is 11.0. The smallest absolute Gasteiger partial charge is 0.249 e. The van der Waals surface area contributed by atoms with E-state index in [1.165, 1.54) is 6.26 Å². The highest BCUT2D eigenvalue weighted by molar-refractivity contribution is 7.90. The molecular formula is C27H21N2O3S. The van der Waals surface area contributed by atoms with Gasteiger partial charge in [0.25, 0.3) is 0 Å². The van der Waals surface area contributed by atoms with Crippen molar-refractivity contribution in [2.75, 3.05) is 6.26 Å². The highest BCUT2D eigenvalue weighted by Gasteiger charge is 2.18. The maximum absolute atomic E-state index is 12.2. The van der Waals surface area contributed by atoms with Gasteiger partial charge in [0.1, 0.15) is 0 Å². The number of amides is 1. The van der Waals surface area contributed by atoms with Crippen LogP contribution in [0, 0.1) is 6.07 Å². The van der Waals surface area contributed by atoms with E-state index >= 15 is 0 Å². The van der Waals surface area contributed by atoms with Crippen LogP contribution in [-0.2, 0) is 16.4 Å². The standard InChI is InChI=1S/C27H21N2O3S/c1-33(31,32)21-13-10-18(11-14-21)17-29-24-9-5-8-23(27(28)30)26(24)22-15-12-20(16-25(22)29)19-6-3-2-4-7-19/h2-14,16H,17H2,1H3,(H2,28,30). The lowest BCUT2D eigenvalue weighted by atomic mass is 10.0. The first kappa shape index (κ1) is 21.0. The molecule has 1 amide bonds. The van der Waals surface area contributed by atoms with Gasteiger partial charge in [0.05, 0.1) is 15.9 Å². The maximum atomic E-state index is 12.2. The normalized spacial score (nSPS) is 11.8. The van der Waals surface area contributed by atoms with Crippen LogP contribution < -0.4 is 5.73 Å². The van der Waals surface area contributed by atoms with Gasteiger partial charge in [-0.3, -0.25) is 4.79 Å². The van der Waals surface area contributed by atoms with Crippen molar-refractivity contribution in [2.24, 2.45) is 5.73 Å². The topological polar surface area (TPSA) is 82.2 Å². The third-order valence-electron chi connectivity index (χ3n) is 5.86. The van der Waals surface area contributed by atoms with Crippen LogP contribution >= 0.6 is 0 Å². The number of nitrogens with zero attached hydrogens (tertiary/aromatic N) is 1. The second kappa shape index (κ2) is 7.90. The van der Waals surface area contributed by atoms with Gasteiger partial charge in [-0.05, 0) is 59.2 Å². The van der Waals surface area contributed by atoms with Crippen molar-refractivity contribution >= 4 is 37.6 Å². The fraction of sp³-hybridized carbons (Fsp3) is 0.0741. The van der Waals surface area contributed by atoms with E-state index in [-0.39, 0.29) is 4.90 Å². The summed E-state index contributed by atoms with van der Waals surface area (Å²) < 4.78 is 25.8. The summed E-state index contributed by atoms with van der Waals surface area (Å²) in [7, 11) is -3.27. The Morgan fingerprint density at radius 3 is 2.30 bits per heavy atom. The first-order valence-electron chi connectivity index (χ1n) is 10.4. The Morgan fingerprint density at radius 1 is 0.909 bits per heavy atom. The number of hydrogen-bond acceptors (Lipinski definition) is 3. The summed E-state index contributed by atoms with van der Waals surface area (Å²) in [6.07, 6.45) is 1.20. The van der Waals surface area contributed by atoms with Gasteiger partial charge in [-0.25, -0.2) is 8.42 Å². The first-order valence-corrected chi connectivity index (χ1v) is 12.3. The molecule has 0 aliphatic rings. The number of fused-ring (bicyclic) bond motifs is 3. The zero-order valence-electron chi connectivity index (χ0n) is 17.9. The van der Waals surface area contributed by atoms with Crippen LogP contribution in [-0.4, -0.2) is 25.1 Å². The van der Waals surface area contributed by atoms with Crippen molar-refractivity contribution in [1.82, 2.24) is 4.57 Å². The number of benzene rings is 4. The van der Waals surface area contributed by atoms with Crippen molar-refractivity contribution < 1.29 is 13.2 Å². The predicted molar refractivity (Wildman–Crippen MR) is 131 cm³/mol. The molecule has 5 rings (SSSR count). The van der Waals surface area contributed by atoms with Gasteiger partial charge >= 0.3 is 0 Å². The lowest BCUT2D eigenvalue weighted by Crippen LogP contribution is -2.11. The number of nitrogens with two attached hydrogens (primary N) is 1. The molecule has 1 heterocycles. The summed E-state index contributed by atoms with van der Waals surface area (Å²) in [6, 6.07) is 29.8. The number of sulfone groups is 1. The number of carbonyl (C=O) groups excluding carboxylic acids is 1. The van der Waals surface area contributed by atoms with E-state index in [1.54, 1.807) is 18.2 Å². The second-order valence-electron chi connectivity index (χ2n) is 8.08. The fourth-order valence-electron chi connectivity index (χ4n) is 4.25. The molecule has 0 spiro atoms. The van der Waals surface area contributed by atoms with E-state index in [9.17, 15) is 13.2 Å². The maximum Gasteiger partial charge on any atom is 0.249 e. The molecule has 2 N–H and O–H groups in total. The molecule has 0 saturated carbocycles. The average Bonchev–Trinajstić information content (AvgIpc) is 3.12. The Morgan fingerprint density at radius 2 is 1.64 bits per heavy atom. The van der Waals surface area contributed by atoms with E-state index in [2.05, 4.69) is 16.7 Å². The lowest BCUT2D eigenvalue weighted by molar-refractivity contribution is 0.100. The summed E-state index contributed by atoms with van der Waals surface area (Å²) in [5.74, 6) is -0.488. The zero-order chi connectivity index (χ0) is 23.2. The minimum absolute atomic E-state index is 0.282. The summed E-state index contributed by atoms with van der Waals surface area (Å²) in [4.78, 5) is 12.5. The Labute approximate surface area is 192 Å². The van der Waals surface area contributed by atoms with E-state index in [0.29, 0.717) is 12.1 Å². The first-order chi connectivity index (χ1) is 15.8. The van der Waals surface area contributed by atoms with Crippen LogP contribution in [0.2, 0.25) is 0 Å². The monoisotopic (exact) mass is 453 g/mol. The predicted octanol–water partition coefficient (Wildman–Crippen LogP) is 4.81. The van der Waals surface area contributed by atoms with Gasteiger partial charge in [0.2, 0.25) is 5.91 Å². The Hall–Kier alpha value is -3.90. The molecule has 6 heteroatoms. The molecule has 0 fully saturated rings. The molecule has 1 aromatic heterocycles. The van der Waals surface area contributed by atoms with Gasteiger partial charge in [0, 0.05) is 29.1 Å². The van der Waals surface area contributed by atoms with Crippen molar-refractivity contribution in [3.63, 3.8) is 0 Å². The molecule has 163 valence electrons. The molecule has 0 aliphatic heterocycles. The van der Waals surface area contributed by atoms with Crippen LogP contribution in [0.15, 0.2) is 89.8 Å². The number of primary amides is 1. The van der Waals surface area contributed by atoms with Crippen molar-refractivity contribution in [2.45, 2.75) is 11.4 Å². The summed E-state index contributed by atoms with van der Waals surface area (Å²) in [5, 5.41) is 1.60. The Balaban J connectivity index is 1.74. The number of aromatic nitrogens is 1. The van der Waals surface area contributed by atoms with Crippen LogP contribution in [0.5, 0.6) is 0 Å². The largest absolute Gasteiger partial charge is 0.366 e. The van der Waals surface area contributed by atoms with Crippen molar-refractivity contribution in [3.8, 4) is 11.1 Å². The number of carbonyl (C=O) groups is 1. The van der Waals surface area contributed by atoms with Crippen LogP contribution in [0.4, 0.5) is 0 Å².